The zero-order valence-electron chi connectivity index (χ0n) is 13.7. The van der Waals surface area contributed by atoms with E-state index in [4.69, 9.17) is 9.47 Å². The number of fused-ring (bicyclic) bond motifs is 1. The Labute approximate surface area is 149 Å². The van der Waals surface area contributed by atoms with Crippen molar-refractivity contribution in [3.63, 3.8) is 0 Å². The van der Waals surface area contributed by atoms with Crippen molar-refractivity contribution >= 4 is 33.2 Å². The number of rotatable bonds is 4. The highest BCUT2D eigenvalue weighted by molar-refractivity contribution is 7.18. The summed E-state index contributed by atoms with van der Waals surface area (Å²) < 4.78 is 12.0. The summed E-state index contributed by atoms with van der Waals surface area (Å²) in [5.41, 5.74) is 2.43. The number of hydrogen-bond acceptors (Lipinski definition) is 6. The molecule has 2 aromatic carbocycles. The van der Waals surface area contributed by atoms with Crippen LogP contribution in [0.3, 0.4) is 0 Å². The number of esters is 1. The van der Waals surface area contributed by atoms with Crippen LogP contribution in [0.25, 0.3) is 10.2 Å². The Morgan fingerprint density at radius 3 is 2.72 bits per heavy atom. The first kappa shape index (κ1) is 16.1. The lowest BCUT2D eigenvalue weighted by atomic mass is 10.1. The van der Waals surface area contributed by atoms with Crippen LogP contribution in [-0.2, 0) is 16.1 Å². The molecule has 1 saturated heterocycles. The van der Waals surface area contributed by atoms with Crippen LogP contribution in [0.1, 0.15) is 15.4 Å². The molecule has 0 amide bonds. The average molecular weight is 354 g/mol. The van der Waals surface area contributed by atoms with Crippen molar-refractivity contribution in [2.24, 2.45) is 0 Å². The van der Waals surface area contributed by atoms with Crippen molar-refractivity contribution in [3.8, 4) is 0 Å². The third-order valence-electron chi connectivity index (χ3n) is 4.14. The molecule has 0 bridgehead atoms. The summed E-state index contributed by atoms with van der Waals surface area (Å²) in [6.07, 6.45) is 0. The molecular weight excluding hydrogens is 336 g/mol. The van der Waals surface area contributed by atoms with Crippen molar-refractivity contribution in [3.05, 3.63) is 59.1 Å². The molecule has 0 saturated carbocycles. The maximum absolute atomic E-state index is 12.6. The topological polar surface area (TPSA) is 51.7 Å². The van der Waals surface area contributed by atoms with E-state index in [1.54, 1.807) is 11.3 Å². The second-order valence-electron chi connectivity index (χ2n) is 5.77. The van der Waals surface area contributed by atoms with Gasteiger partial charge in [0.1, 0.15) is 11.6 Å². The van der Waals surface area contributed by atoms with Crippen molar-refractivity contribution in [1.29, 1.82) is 0 Å². The van der Waals surface area contributed by atoms with E-state index in [1.165, 1.54) is 0 Å². The highest BCUT2D eigenvalue weighted by Crippen LogP contribution is 2.25. The molecule has 128 valence electrons. The Balaban J connectivity index is 1.49. The maximum atomic E-state index is 12.6. The molecule has 0 atom stereocenters. The molecule has 0 N–H and O–H groups in total. The molecule has 0 aliphatic carbocycles. The molecule has 5 nitrogen and oxygen atoms in total. The summed E-state index contributed by atoms with van der Waals surface area (Å²) in [4.78, 5) is 19.3. The van der Waals surface area contributed by atoms with Gasteiger partial charge in [0.2, 0.25) is 0 Å². The molecular formula is C19H18N2O3S. The van der Waals surface area contributed by atoms with Gasteiger partial charge >= 0.3 is 5.97 Å². The van der Waals surface area contributed by atoms with Gasteiger partial charge in [0.05, 0.1) is 34.7 Å². The second-order valence-corrected chi connectivity index (χ2v) is 6.88. The standard InChI is InChI=1S/C19H18N2O3S/c22-19(24-13-18-20-15-6-2-4-8-17(15)25-18)14-5-1-3-7-16(14)21-9-11-23-12-10-21/h1-8H,9-13H2. The van der Waals surface area contributed by atoms with Crippen LogP contribution in [0.4, 0.5) is 5.69 Å². The van der Waals surface area contributed by atoms with Crippen molar-refractivity contribution < 1.29 is 14.3 Å². The molecule has 1 fully saturated rings. The number of hydrogen-bond donors (Lipinski definition) is 0. The predicted molar refractivity (Wildman–Crippen MR) is 98.2 cm³/mol. The summed E-state index contributed by atoms with van der Waals surface area (Å²) in [6.45, 7) is 3.10. The van der Waals surface area contributed by atoms with E-state index in [1.807, 2.05) is 48.5 Å². The lowest BCUT2D eigenvalue weighted by molar-refractivity contribution is 0.0472. The first-order chi connectivity index (χ1) is 12.3. The SMILES string of the molecule is O=C(OCc1nc2ccccc2s1)c1ccccc1N1CCOCC1. The normalized spacial score (nSPS) is 14.6. The Hall–Kier alpha value is -2.44. The van der Waals surface area contributed by atoms with Gasteiger partial charge in [-0.15, -0.1) is 11.3 Å². The van der Waals surface area contributed by atoms with Crippen LogP contribution in [-0.4, -0.2) is 37.3 Å². The molecule has 2 heterocycles. The van der Waals surface area contributed by atoms with E-state index in [2.05, 4.69) is 9.88 Å². The van der Waals surface area contributed by atoms with Crippen molar-refractivity contribution in [1.82, 2.24) is 4.98 Å². The highest BCUT2D eigenvalue weighted by Gasteiger charge is 2.19. The lowest BCUT2D eigenvalue weighted by Crippen LogP contribution is -2.37. The monoisotopic (exact) mass is 354 g/mol. The molecule has 0 spiro atoms. The zero-order chi connectivity index (χ0) is 17.1. The minimum Gasteiger partial charge on any atom is -0.455 e. The van der Waals surface area contributed by atoms with E-state index in [0.717, 1.165) is 34.0 Å². The van der Waals surface area contributed by atoms with Crippen LogP contribution in [0.15, 0.2) is 48.5 Å². The molecule has 1 aliphatic rings. The number of ether oxygens (including phenoxy) is 2. The largest absolute Gasteiger partial charge is 0.455 e. The Morgan fingerprint density at radius 2 is 1.88 bits per heavy atom. The third kappa shape index (κ3) is 3.50. The number of anilines is 1. The van der Waals surface area contributed by atoms with Gasteiger partial charge in [0, 0.05) is 13.1 Å². The number of thiazole rings is 1. The smallest absolute Gasteiger partial charge is 0.340 e. The second kappa shape index (κ2) is 7.21. The number of benzene rings is 2. The highest BCUT2D eigenvalue weighted by atomic mass is 32.1. The fourth-order valence-corrected chi connectivity index (χ4v) is 3.79. The van der Waals surface area contributed by atoms with Crippen molar-refractivity contribution in [2.75, 3.05) is 31.2 Å². The molecule has 0 unspecified atom stereocenters. The molecule has 3 aromatic rings. The van der Waals surface area contributed by atoms with E-state index in [9.17, 15) is 4.79 Å². The Kier molecular flexibility index (Phi) is 4.63. The molecule has 1 aromatic heterocycles. The van der Waals surface area contributed by atoms with E-state index >= 15 is 0 Å². The number of para-hydroxylation sites is 2. The first-order valence-corrected chi connectivity index (χ1v) is 9.06. The molecule has 4 rings (SSSR count). The molecule has 25 heavy (non-hydrogen) atoms. The summed E-state index contributed by atoms with van der Waals surface area (Å²) in [7, 11) is 0. The lowest BCUT2D eigenvalue weighted by Gasteiger charge is -2.30. The quantitative estimate of drug-likeness (QED) is 0.671. The van der Waals surface area contributed by atoms with Gasteiger partial charge in [0.15, 0.2) is 0 Å². The van der Waals surface area contributed by atoms with Gasteiger partial charge < -0.3 is 14.4 Å². The number of aromatic nitrogens is 1. The van der Waals surface area contributed by atoms with Crippen LogP contribution in [0.2, 0.25) is 0 Å². The summed E-state index contributed by atoms with van der Waals surface area (Å²) in [5.74, 6) is -0.318. The zero-order valence-corrected chi connectivity index (χ0v) is 14.5. The first-order valence-electron chi connectivity index (χ1n) is 8.24. The average Bonchev–Trinajstić information content (AvgIpc) is 3.10. The Morgan fingerprint density at radius 1 is 1.12 bits per heavy atom. The molecule has 6 heteroatoms. The maximum Gasteiger partial charge on any atom is 0.340 e. The number of carbonyl (C=O) groups excluding carboxylic acids is 1. The molecule has 0 radical (unpaired) electrons. The summed E-state index contributed by atoms with van der Waals surface area (Å²) in [5, 5.41) is 0.804. The predicted octanol–water partition coefficient (Wildman–Crippen LogP) is 3.49. The van der Waals surface area contributed by atoms with Gasteiger partial charge in [-0.25, -0.2) is 9.78 Å². The van der Waals surface area contributed by atoms with Gasteiger partial charge in [-0.1, -0.05) is 24.3 Å². The van der Waals surface area contributed by atoms with Gasteiger partial charge in [-0.05, 0) is 24.3 Å². The number of morpholine rings is 1. The summed E-state index contributed by atoms with van der Waals surface area (Å²) >= 11 is 1.55. The fraction of sp³-hybridized carbons (Fsp3) is 0.263. The van der Waals surface area contributed by atoms with Crippen LogP contribution in [0, 0.1) is 0 Å². The van der Waals surface area contributed by atoms with Crippen LogP contribution < -0.4 is 4.90 Å². The third-order valence-corrected chi connectivity index (χ3v) is 5.15. The van der Waals surface area contributed by atoms with Gasteiger partial charge in [-0.2, -0.15) is 0 Å². The van der Waals surface area contributed by atoms with Crippen LogP contribution in [0.5, 0.6) is 0 Å². The van der Waals surface area contributed by atoms with Crippen molar-refractivity contribution in [2.45, 2.75) is 6.61 Å². The van der Waals surface area contributed by atoms with Gasteiger partial charge in [-0.3, -0.25) is 0 Å². The van der Waals surface area contributed by atoms with Crippen LogP contribution >= 0.6 is 11.3 Å². The Bertz CT molecular complexity index is 854. The minimum atomic E-state index is -0.318. The number of nitrogens with zero attached hydrogens (tertiary/aromatic N) is 2. The van der Waals surface area contributed by atoms with Gasteiger partial charge in [0.25, 0.3) is 0 Å². The van der Waals surface area contributed by atoms with E-state index in [0.29, 0.717) is 18.8 Å². The molecule has 1 aliphatic heterocycles. The summed E-state index contributed by atoms with van der Waals surface area (Å²) in [6, 6.07) is 15.5. The fourth-order valence-electron chi connectivity index (χ4n) is 2.91. The van der Waals surface area contributed by atoms with E-state index < -0.39 is 0 Å². The van der Waals surface area contributed by atoms with E-state index in [-0.39, 0.29) is 12.6 Å². The minimum absolute atomic E-state index is 0.190. The number of carbonyl (C=O) groups is 1.